The van der Waals surface area contributed by atoms with Crippen LogP contribution >= 0.6 is 11.6 Å². The number of halogens is 4. The molecule has 26 heteroatoms. The Hall–Kier alpha value is -7.31. The van der Waals surface area contributed by atoms with Gasteiger partial charge in [0.05, 0.1) is 30.2 Å². The molecule has 0 aromatic heterocycles. The highest BCUT2D eigenvalue weighted by atomic mass is 35.5. The maximum atomic E-state index is 15.1. The summed E-state index contributed by atoms with van der Waals surface area (Å²) in [5, 5.41) is 8.04. The van der Waals surface area contributed by atoms with E-state index >= 15 is 9.59 Å². The van der Waals surface area contributed by atoms with Crippen LogP contribution in [0.15, 0.2) is 42.5 Å². The van der Waals surface area contributed by atoms with Gasteiger partial charge in [-0.3, -0.25) is 52.7 Å². The van der Waals surface area contributed by atoms with Crippen molar-refractivity contribution in [1.29, 1.82) is 0 Å². The van der Waals surface area contributed by atoms with Gasteiger partial charge in [0.15, 0.2) is 0 Å². The molecule has 3 N–H and O–H groups in total. The van der Waals surface area contributed by atoms with Crippen molar-refractivity contribution in [1.82, 2.24) is 55.1 Å². The molecule has 1 aliphatic carbocycles. The lowest BCUT2D eigenvalue weighted by Crippen LogP contribution is -2.64. The number of rotatable bonds is 10. The third-order valence-electron chi connectivity index (χ3n) is 18.5. The number of nitrogens with one attached hydrogen (secondary N) is 3. The molecule has 0 bridgehead atoms. The molecule has 2 heterocycles. The van der Waals surface area contributed by atoms with Crippen molar-refractivity contribution in [2.24, 2.45) is 17.8 Å². The van der Waals surface area contributed by atoms with E-state index in [4.69, 9.17) is 11.6 Å². The fourth-order valence-corrected chi connectivity index (χ4v) is 12.8. The first-order chi connectivity index (χ1) is 42.9. The standard InChI is InChI=1S/C66H97ClF3N11O11/c1-16-42(7)56-62(90)76(11)37-54(84)74(9)38-55(85)79(14)51(35-45-22-19-21-41(6)32-45)61(89)75(10)36-52(82)71-48(27-25-44-24-26-46(47(67)34-44)66(68,69)70)60(88)81-30-20-23-49(81)59(87)73-65(28-17-18-29-65)64(92)80(15)57(40(4)5)63(91)77(12)43(8)33-53(83)78(13)50(31-39(2)3)58(86)72-56/h19,21-22,24,26,32,34,39-40,42-43,48-51,56-57H,16-18,20,23,25,27-31,33,35-38H2,1-15H3,(H,71,82)(H,72,86)(H,73,87)/t42-,43+,48-,49-,50-,51-,56-,57-/m0/s1. The van der Waals surface area contributed by atoms with Crippen molar-refractivity contribution in [2.45, 2.75) is 186 Å². The van der Waals surface area contributed by atoms with E-state index in [0.717, 1.165) is 37.3 Å². The van der Waals surface area contributed by atoms with Gasteiger partial charge in [0, 0.05) is 74.8 Å². The Bertz CT molecular complexity index is 3030. The number of hydrogen-bond donors (Lipinski definition) is 3. The van der Waals surface area contributed by atoms with Crippen LogP contribution < -0.4 is 16.0 Å². The Morgan fingerprint density at radius 3 is 1.87 bits per heavy atom. The average Bonchev–Trinajstić information content (AvgIpc) is 1.50. The van der Waals surface area contributed by atoms with Gasteiger partial charge >= 0.3 is 6.18 Å². The molecule has 1 saturated carbocycles. The number of nitrogens with zero attached hydrogens (tertiary/aromatic N) is 8. The van der Waals surface area contributed by atoms with Crippen LogP contribution in [0.2, 0.25) is 5.02 Å². The number of hydrogen-bond acceptors (Lipinski definition) is 11. The van der Waals surface area contributed by atoms with E-state index in [9.17, 15) is 56.3 Å². The van der Waals surface area contributed by atoms with Gasteiger partial charge in [0.1, 0.15) is 41.8 Å². The molecule has 11 amide bonds. The molecular weight excluding hydrogens is 1220 g/mol. The third-order valence-corrected chi connectivity index (χ3v) is 18.8. The van der Waals surface area contributed by atoms with E-state index in [1.165, 1.54) is 75.0 Å². The highest BCUT2D eigenvalue weighted by Gasteiger charge is 2.50. The topological polar surface area (TPSA) is 250 Å². The molecule has 2 aromatic carbocycles. The minimum atomic E-state index is -4.75. The highest BCUT2D eigenvalue weighted by Crippen LogP contribution is 2.36. The minimum absolute atomic E-state index is 0.0421. The molecule has 3 aliphatic rings. The van der Waals surface area contributed by atoms with E-state index in [1.807, 2.05) is 39.8 Å². The van der Waals surface area contributed by atoms with Gasteiger partial charge in [0.25, 0.3) is 0 Å². The molecule has 1 spiro atoms. The van der Waals surface area contributed by atoms with Gasteiger partial charge in [-0.25, -0.2) is 0 Å². The van der Waals surface area contributed by atoms with E-state index in [1.54, 1.807) is 39.8 Å². The zero-order valence-corrected chi connectivity index (χ0v) is 57.0. The van der Waals surface area contributed by atoms with Crippen molar-refractivity contribution in [3.63, 3.8) is 0 Å². The van der Waals surface area contributed by atoms with Crippen molar-refractivity contribution in [3.05, 3.63) is 69.7 Å². The number of fused-ring (bicyclic) bond motifs is 1. The van der Waals surface area contributed by atoms with Crippen LogP contribution in [-0.2, 0) is 71.8 Å². The van der Waals surface area contributed by atoms with Crippen LogP contribution in [0.3, 0.4) is 0 Å². The molecule has 92 heavy (non-hydrogen) atoms. The molecule has 0 radical (unpaired) electrons. The summed E-state index contributed by atoms with van der Waals surface area (Å²) in [5.74, 6) is -8.06. The number of likely N-dealkylation sites (N-methyl/N-ethyl adjacent to an activating group) is 7. The molecule has 8 atom stereocenters. The van der Waals surface area contributed by atoms with Gasteiger partial charge in [-0.2, -0.15) is 13.2 Å². The SMILES string of the molecule is CC[C@H](C)[C@@H]1NC(=O)[C@H](CC(C)C)N(C)C(=O)C[C@@H](C)N(C)C(=O)[C@H](C(C)C)N(C)C(=O)C2(CCCC2)NC(=O)[C@@H]2CCCN2C(=O)[C@H](CCc2ccc(C(F)(F)F)c(Cl)c2)NC(=O)CN(C)C(=O)[C@H](Cc2cccc(C)c2)N(C)C(=O)CN(C)C(=O)CN(C)C1=O. The predicted molar refractivity (Wildman–Crippen MR) is 341 cm³/mol. The van der Waals surface area contributed by atoms with Gasteiger partial charge in [-0.15, -0.1) is 0 Å². The summed E-state index contributed by atoms with van der Waals surface area (Å²) in [6, 6.07) is 2.41. The molecule has 3 fully saturated rings. The molecule has 0 unspecified atom stereocenters. The summed E-state index contributed by atoms with van der Waals surface area (Å²) in [7, 11) is 9.94. The smallest absolute Gasteiger partial charge is 0.343 e. The second-order valence-corrected chi connectivity index (χ2v) is 26.8. The normalized spacial score (nSPS) is 24.9. The van der Waals surface area contributed by atoms with Crippen LogP contribution in [0.5, 0.6) is 0 Å². The predicted octanol–water partition coefficient (Wildman–Crippen LogP) is 5.09. The van der Waals surface area contributed by atoms with Crippen LogP contribution in [-0.4, -0.2) is 228 Å². The lowest BCUT2D eigenvalue weighted by atomic mass is 9.91. The van der Waals surface area contributed by atoms with E-state index < -0.39 is 161 Å². The van der Waals surface area contributed by atoms with Crippen LogP contribution in [0.1, 0.15) is 135 Å². The molecule has 2 aliphatic heterocycles. The molecule has 2 aromatic rings. The first-order valence-electron chi connectivity index (χ1n) is 31.9. The first-order valence-corrected chi connectivity index (χ1v) is 32.2. The Morgan fingerprint density at radius 2 is 1.28 bits per heavy atom. The lowest BCUT2D eigenvalue weighted by molar-refractivity contribution is -0.152. The Balaban J connectivity index is 1.57. The minimum Gasteiger partial charge on any atom is -0.343 e. The quantitative estimate of drug-likeness (QED) is 0.283. The highest BCUT2D eigenvalue weighted by molar-refractivity contribution is 6.31. The van der Waals surface area contributed by atoms with Gasteiger partial charge in [0.2, 0.25) is 65.0 Å². The van der Waals surface area contributed by atoms with E-state index in [2.05, 4.69) is 16.0 Å². The van der Waals surface area contributed by atoms with Crippen LogP contribution in [0, 0.1) is 24.7 Å². The molecule has 22 nitrogen and oxygen atoms in total. The maximum absolute atomic E-state index is 15.1. The zero-order valence-electron chi connectivity index (χ0n) is 56.2. The Labute approximate surface area is 544 Å². The van der Waals surface area contributed by atoms with Crippen molar-refractivity contribution < 1.29 is 65.9 Å². The van der Waals surface area contributed by atoms with Gasteiger partial charge in [-0.1, -0.05) is 108 Å². The molecule has 2 saturated heterocycles. The summed E-state index contributed by atoms with van der Waals surface area (Å²) in [6.45, 7) is 12.7. The summed E-state index contributed by atoms with van der Waals surface area (Å²) in [5.41, 5.74) is -0.779. The molecule has 5 rings (SSSR count). The largest absolute Gasteiger partial charge is 0.417 e. The Kier molecular flexibility index (Phi) is 26.6. The zero-order chi connectivity index (χ0) is 69.0. The average molecular weight is 1310 g/mol. The fourth-order valence-electron chi connectivity index (χ4n) is 12.5. The summed E-state index contributed by atoms with van der Waals surface area (Å²) < 4.78 is 41.3. The van der Waals surface area contributed by atoms with Gasteiger partial charge in [-0.05, 0) is 99.8 Å². The third kappa shape index (κ3) is 18.9. The van der Waals surface area contributed by atoms with Crippen LogP contribution in [0.4, 0.5) is 13.2 Å². The van der Waals surface area contributed by atoms with Gasteiger partial charge < -0.3 is 55.1 Å². The first kappa shape index (κ1) is 75.4. The summed E-state index contributed by atoms with van der Waals surface area (Å²) in [4.78, 5) is 170. The van der Waals surface area contributed by atoms with Crippen molar-refractivity contribution >= 4 is 76.6 Å². The monoisotopic (exact) mass is 1310 g/mol. The van der Waals surface area contributed by atoms with Crippen molar-refractivity contribution in [2.75, 3.05) is 75.5 Å². The number of alkyl halides is 3. The number of amides is 11. The summed E-state index contributed by atoms with van der Waals surface area (Å²) >= 11 is 6.11. The Morgan fingerprint density at radius 1 is 0.663 bits per heavy atom. The van der Waals surface area contributed by atoms with Crippen molar-refractivity contribution in [3.8, 4) is 0 Å². The van der Waals surface area contributed by atoms with Crippen LogP contribution in [0.25, 0.3) is 0 Å². The molecule has 510 valence electrons. The number of carbonyl (C=O) groups is 11. The maximum Gasteiger partial charge on any atom is 0.417 e. The second-order valence-electron chi connectivity index (χ2n) is 26.4. The number of benzene rings is 2. The second kappa shape index (κ2) is 32.5. The number of carbonyl (C=O) groups excluding carboxylic acids is 11. The van der Waals surface area contributed by atoms with E-state index in [0.29, 0.717) is 36.8 Å². The number of aryl methyl sites for hydroxylation is 2. The fraction of sp³-hybridized carbons (Fsp3) is 0.652. The van der Waals surface area contributed by atoms with E-state index in [-0.39, 0.29) is 63.8 Å². The molecular formula is C66H97ClF3N11O11. The summed E-state index contributed by atoms with van der Waals surface area (Å²) in [6.07, 6.45) is -2.71. The lowest BCUT2D eigenvalue weighted by Gasteiger charge is -2.41.